The highest BCUT2D eigenvalue weighted by atomic mass is 32.2. The summed E-state index contributed by atoms with van der Waals surface area (Å²) in [6.07, 6.45) is 2.59. The van der Waals surface area contributed by atoms with Gasteiger partial charge >= 0.3 is 0 Å². The van der Waals surface area contributed by atoms with Crippen LogP contribution in [0.1, 0.15) is 29.3 Å². The Morgan fingerprint density at radius 3 is 2.77 bits per heavy atom. The highest BCUT2D eigenvalue weighted by Gasteiger charge is 2.19. The molecule has 0 aliphatic rings. The van der Waals surface area contributed by atoms with Gasteiger partial charge in [0.25, 0.3) is 0 Å². The first-order chi connectivity index (χ1) is 10.6. The van der Waals surface area contributed by atoms with Crippen LogP contribution in [0.2, 0.25) is 0 Å². The summed E-state index contributed by atoms with van der Waals surface area (Å²) in [4.78, 5) is 12.5. The van der Waals surface area contributed by atoms with Gasteiger partial charge in [-0.2, -0.15) is 0 Å². The van der Waals surface area contributed by atoms with Crippen LogP contribution in [0.5, 0.6) is 0 Å². The number of thioether (sulfide) groups is 1. The summed E-state index contributed by atoms with van der Waals surface area (Å²) in [5.74, 6) is 0.108. The van der Waals surface area contributed by atoms with Crippen LogP contribution in [-0.4, -0.2) is 39.5 Å². The molecule has 0 fully saturated rings. The summed E-state index contributed by atoms with van der Waals surface area (Å²) in [6.45, 7) is 5.39. The number of ketones is 1. The lowest BCUT2D eigenvalue weighted by molar-refractivity contribution is 0.0994. The van der Waals surface area contributed by atoms with E-state index in [9.17, 15) is 4.79 Å². The molecule has 0 aliphatic carbocycles. The number of ether oxygens (including phenoxy) is 1. The van der Waals surface area contributed by atoms with E-state index in [-0.39, 0.29) is 11.0 Å². The molecule has 0 aliphatic heterocycles. The smallest absolute Gasteiger partial charge is 0.191 e. The van der Waals surface area contributed by atoms with E-state index in [0.717, 1.165) is 29.2 Å². The normalized spacial score (nSPS) is 12.3. The van der Waals surface area contributed by atoms with Gasteiger partial charge in [-0.05, 0) is 20.3 Å². The quantitative estimate of drug-likeness (QED) is 0.425. The number of methoxy groups -OCH3 is 1. The second-order valence-corrected chi connectivity index (χ2v) is 6.45. The molecule has 0 radical (unpaired) electrons. The highest BCUT2D eigenvalue weighted by Crippen LogP contribution is 2.24. The Labute approximate surface area is 135 Å². The van der Waals surface area contributed by atoms with Crippen molar-refractivity contribution in [1.82, 2.24) is 14.8 Å². The number of aryl methyl sites for hydroxylation is 2. The van der Waals surface area contributed by atoms with Crippen LogP contribution in [0.15, 0.2) is 35.7 Å². The Kier molecular flexibility index (Phi) is 6.15. The van der Waals surface area contributed by atoms with Crippen LogP contribution in [0.25, 0.3) is 0 Å². The van der Waals surface area contributed by atoms with Gasteiger partial charge < -0.3 is 9.30 Å². The predicted molar refractivity (Wildman–Crippen MR) is 87.3 cm³/mol. The highest BCUT2D eigenvalue weighted by molar-refractivity contribution is 8.00. The molecule has 0 spiro atoms. The van der Waals surface area contributed by atoms with E-state index in [1.54, 1.807) is 13.4 Å². The van der Waals surface area contributed by atoms with Gasteiger partial charge in [0.1, 0.15) is 6.33 Å². The number of benzene rings is 1. The Bertz CT molecular complexity index is 610. The third-order valence-electron chi connectivity index (χ3n) is 3.31. The Hall–Kier alpha value is -1.66. The first kappa shape index (κ1) is 16.7. The maximum atomic E-state index is 12.5. The lowest BCUT2D eigenvalue weighted by Crippen LogP contribution is -2.15. The van der Waals surface area contributed by atoms with Crippen molar-refractivity contribution in [2.75, 3.05) is 13.7 Å². The zero-order chi connectivity index (χ0) is 15.9. The molecule has 0 bridgehead atoms. The fraction of sp³-hybridized carbons (Fsp3) is 0.438. The molecule has 22 heavy (non-hydrogen) atoms. The van der Waals surface area contributed by atoms with Crippen molar-refractivity contribution < 1.29 is 9.53 Å². The molecule has 6 heteroatoms. The van der Waals surface area contributed by atoms with Crippen LogP contribution in [0, 0.1) is 6.92 Å². The van der Waals surface area contributed by atoms with E-state index in [0.29, 0.717) is 6.61 Å². The lowest BCUT2D eigenvalue weighted by Gasteiger charge is -2.11. The molecule has 0 amide bonds. The van der Waals surface area contributed by atoms with Crippen LogP contribution < -0.4 is 0 Å². The topological polar surface area (TPSA) is 57.0 Å². The molecule has 5 nitrogen and oxygen atoms in total. The van der Waals surface area contributed by atoms with Gasteiger partial charge in [0, 0.05) is 25.8 Å². The molecule has 118 valence electrons. The third kappa shape index (κ3) is 4.42. The summed E-state index contributed by atoms with van der Waals surface area (Å²) in [7, 11) is 1.68. The Balaban J connectivity index is 1.99. The number of nitrogens with zero attached hydrogens (tertiary/aromatic N) is 3. The van der Waals surface area contributed by atoms with E-state index in [1.165, 1.54) is 11.8 Å². The largest absolute Gasteiger partial charge is 0.385 e. The summed E-state index contributed by atoms with van der Waals surface area (Å²) in [6, 6.07) is 7.66. The average Bonchev–Trinajstić information content (AvgIpc) is 2.95. The van der Waals surface area contributed by atoms with Crippen LogP contribution in [0.4, 0.5) is 0 Å². The fourth-order valence-corrected chi connectivity index (χ4v) is 2.96. The van der Waals surface area contributed by atoms with Gasteiger partial charge in [0.15, 0.2) is 10.9 Å². The molecule has 2 aromatic rings. The summed E-state index contributed by atoms with van der Waals surface area (Å²) < 4.78 is 7.01. The van der Waals surface area contributed by atoms with Gasteiger partial charge in [-0.1, -0.05) is 41.6 Å². The average molecular weight is 319 g/mol. The first-order valence-corrected chi connectivity index (χ1v) is 8.14. The monoisotopic (exact) mass is 319 g/mol. The zero-order valence-corrected chi connectivity index (χ0v) is 14.0. The van der Waals surface area contributed by atoms with Crippen molar-refractivity contribution in [3.05, 3.63) is 41.7 Å². The molecule has 0 saturated carbocycles. The Morgan fingerprint density at radius 1 is 1.36 bits per heavy atom. The van der Waals surface area contributed by atoms with Gasteiger partial charge in [-0.15, -0.1) is 10.2 Å². The second kappa shape index (κ2) is 8.10. The van der Waals surface area contributed by atoms with Gasteiger partial charge in [0.2, 0.25) is 0 Å². The lowest BCUT2D eigenvalue weighted by atomic mass is 10.1. The minimum Gasteiger partial charge on any atom is -0.385 e. The summed E-state index contributed by atoms with van der Waals surface area (Å²) in [5.41, 5.74) is 1.88. The molecular weight excluding hydrogens is 298 g/mol. The predicted octanol–water partition coefficient (Wildman–Crippen LogP) is 2.99. The van der Waals surface area contributed by atoms with Crippen molar-refractivity contribution in [3.8, 4) is 0 Å². The summed E-state index contributed by atoms with van der Waals surface area (Å²) in [5, 5.41) is 8.61. The summed E-state index contributed by atoms with van der Waals surface area (Å²) >= 11 is 1.44. The van der Waals surface area contributed by atoms with Crippen molar-refractivity contribution >= 4 is 17.5 Å². The molecule has 1 heterocycles. The molecule has 1 unspecified atom stereocenters. The number of Topliss-reactive ketones (excluding diaryl/α,β-unsaturated/α-hetero) is 1. The Morgan fingerprint density at radius 2 is 2.09 bits per heavy atom. The van der Waals surface area contributed by atoms with E-state index in [4.69, 9.17) is 4.74 Å². The van der Waals surface area contributed by atoms with Crippen molar-refractivity contribution in [3.63, 3.8) is 0 Å². The third-order valence-corrected chi connectivity index (χ3v) is 4.41. The minimum atomic E-state index is -0.201. The second-order valence-electron chi connectivity index (χ2n) is 5.14. The molecule has 2 rings (SSSR count). The van der Waals surface area contributed by atoms with Crippen LogP contribution in [0.3, 0.4) is 0 Å². The van der Waals surface area contributed by atoms with Crippen LogP contribution >= 0.6 is 11.8 Å². The number of hydrogen-bond donors (Lipinski definition) is 0. The number of rotatable bonds is 8. The van der Waals surface area contributed by atoms with Crippen molar-refractivity contribution in [2.24, 2.45) is 0 Å². The minimum absolute atomic E-state index is 0.108. The number of carbonyl (C=O) groups excluding carboxylic acids is 1. The molecule has 1 aromatic carbocycles. The van der Waals surface area contributed by atoms with Crippen LogP contribution in [-0.2, 0) is 11.3 Å². The fourth-order valence-electron chi connectivity index (χ4n) is 2.03. The molecule has 1 aromatic heterocycles. The first-order valence-electron chi connectivity index (χ1n) is 7.26. The van der Waals surface area contributed by atoms with E-state index in [2.05, 4.69) is 10.2 Å². The van der Waals surface area contributed by atoms with E-state index >= 15 is 0 Å². The maximum Gasteiger partial charge on any atom is 0.191 e. The van der Waals surface area contributed by atoms with Gasteiger partial charge in [-0.25, -0.2) is 0 Å². The van der Waals surface area contributed by atoms with E-state index < -0.39 is 0 Å². The van der Waals surface area contributed by atoms with Crippen molar-refractivity contribution in [1.29, 1.82) is 0 Å². The number of hydrogen-bond acceptors (Lipinski definition) is 5. The number of aromatic nitrogens is 3. The standard InChI is InChI=1S/C16H21N3O2S/c1-12-5-7-14(8-6-12)15(20)13(2)22-16-18-17-11-19(16)9-4-10-21-3/h5-8,11,13H,4,9-10H2,1-3H3. The number of carbonyl (C=O) groups is 1. The molecule has 0 N–H and O–H groups in total. The molecular formula is C16H21N3O2S. The molecule has 0 saturated heterocycles. The molecule has 1 atom stereocenters. The van der Waals surface area contributed by atoms with E-state index in [1.807, 2.05) is 42.7 Å². The van der Waals surface area contributed by atoms with Gasteiger partial charge in [0.05, 0.1) is 5.25 Å². The zero-order valence-electron chi connectivity index (χ0n) is 13.2. The SMILES string of the molecule is COCCCn1cnnc1SC(C)C(=O)c1ccc(C)cc1. The maximum absolute atomic E-state index is 12.5. The van der Waals surface area contributed by atoms with Crippen molar-refractivity contribution in [2.45, 2.75) is 37.2 Å². The van der Waals surface area contributed by atoms with Gasteiger partial charge in [-0.3, -0.25) is 4.79 Å².